The molecule has 1 N–H and O–H groups in total. The minimum absolute atomic E-state index is 0.222. The number of nitrogens with one attached hydrogen (secondary N) is 1. The second-order valence-electron chi connectivity index (χ2n) is 3.76. The number of hydrogen-bond acceptors (Lipinski definition) is 2. The molecule has 1 heterocycles. The molecule has 0 radical (unpaired) electrons. The first kappa shape index (κ1) is 11.4. The smallest absolute Gasteiger partial charge is 0.370 e. The van der Waals surface area contributed by atoms with Crippen LogP contribution in [0.2, 0.25) is 0 Å². The number of benzene rings is 1. The molecule has 2 rings (SSSR count). The van der Waals surface area contributed by atoms with Gasteiger partial charge >= 0.3 is 6.18 Å². The zero-order valence-corrected chi connectivity index (χ0v) is 8.50. The number of ether oxygens (including phenoxy) is 1. The van der Waals surface area contributed by atoms with E-state index in [4.69, 9.17) is 4.74 Å². The fourth-order valence-electron chi connectivity index (χ4n) is 1.59. The quantitative estimate of drug-likeness (QED) is 0.860. The maximum atomic E-state index is 12.3. The highest BCUT2D eigenvalue weighted by atomic mass is 19.4. The van der Waals surface area contributed by atoms with Gasteiger partial charge in [0.1, 0.15) is 6.04 Å². The highest BCUT2D eigenvalue weighted by Crippen LogP contribution is 2.28. The van der Waals surface area contributed by atoms with Gasteiger partial charge in [0, 0.05) is 6.54 Å². The topological polar surface area (TPSA) is 21.3 Å². The lowest BCUT2D eigenvalue weighted by atomic mass is 10.0. The molecule has 1 aromatic carbocycles. The van der Waals surface area contributed by atoms with Crippen molar-refractivity contribution in [3.05, 3.63) is 35.9 Å². The van der Waals surface area contributed by atoms with Crippen LogP contribution < -0.4 is 5.32 Å². The fourth-order valence-corrected chi connectivity index (χ4v) is 1.59. The highest BCUT2D eigenvalue weighted by Gasteiger charge is 2.50. The molecule has 5 heteroatoms. The number of halogens is 3. The molecule has 88 valence electrons. The lowest BCUT2D eigenvalue weighted by Crippen LogP contribution is -2.65. The van der Waals surface area contributed by atoms with Gasteiger partial charge in [-0.2, -0.15) is 13.2 Å². The van der Waals surface area contributed by atoms with Gasteiger partial charge in [-0.3, -0.25) is 0 Å². The van der Waals surface area contributed by atoms with E-state index in [9.17, 15) is 13.2 Å². The number of alkyl halides is 3. The van der Waals surface area contributed by atoms with Crippen molar-refractivity contribution in [3.63, 3.8) is 0 Å². The van der Waals surface area contributed by atoms with Crippen LogP contribution in [-0.2, 0) is 11.3 Å². The van der Waals surface area contributed by atoms with E-state index < -0.39 is 18.3 Å². The molecule has 1 aromatic rings. The molecule has 1 fully saturated rings. The van der Waals surface area contributed by atoms with Crippen LogP contribution in [0.1, 0.15) is 5.56 Å². The summed E-state index contributed by atoms with van der Waals surface area (Å²) in [5, 5.41) is 2.32. The van der Waals surface area contributed by atoms with Gasteiger partial charge in [-0.15, -0.1) is 0 Å². The number of rotatable bonds is 3. The Morgan fingerprint density at radius 3 is 2.44 bits per heavy atom. The summed E-state index contributed by atoms with van der Waals surface area (Å²) in [5.74, 6) is 0. The lowest BCUT2D eigenvalue weighted by molar-refractivity contribution is -0.210. The zero-order chi connectivity index (χ0) is 11.6. The van der Waals surface area contributed by atoms with E-state index in [1.54, 1.807) is 0 Å². The van der Waals surface area contributed by atoms with Crippen LogP contribution >= 0.6 is 0 Å². The molecule has 2 atom stereocenters. The van der Waals surface area contributed by atoms with Gasteiger partial charge in [-0.1, -0.05) is 30.3 Å². The summed E-state index contributed by atoms with van der Waals surface area (Å²) in [4.78, 5) is 0. The van der Waals surface area contributed by atoms with E-state index in [1.807, 2.05) is 30.3 Å². The Labute approximate surface area is 91.4 Å². The summed E-state index contributed by atoms with van der Waals surface area (Å²) in [6, 6.07) is 7.66. The van der Waals surface area contributed by atoms with Crippen molar-refractivity contribution in [3.8, 4) is 0 Å². The Bertz CT molecular complexity index is 339. The summed E-state index contributed by atoms with van der Waals surface area (Å²) in [7, 11) is 0. The molecule has 1 aliphatic rings. The first-order chi connectivity index (χ1) is 7.57. The van der Waals surface area contributed by atoms with E-state index in [2.05, 4.69) is 5.32 Å². The molecule has 0 unspecified atom stereocenters. The van der Waals surface area contributed by atoms with Gasteiger partial charge in [-0.05, 0) is 5.56 Å². The second-order valence-corrected chi connectivity index (χ2v) is 3.76. The third kappa shape index (κ3) is 2.54. The van der Waals surface area contributed by atoms with Gasteiger partial charge in [-0.25, -0.2) is 0 Å². The van der Waals surface area contributed by atoms with Crippen LogP contribution in [0.5, 0.6) is 0 Å². The first-order valence-corrected chi connectivity index (χ1v) is 5.03. The maximum absolute atomic E-state index is 12.3. The van der Waals surface area contributed by atoms with E-state index in [0.717, 1.165) is 5.56 Å². The third-order valence-electron chi connectivity index (χ3n) is 2.57. The SMILES string of the molecule is FC(F)(F)[C@@H]1NC[C@H]1OCc1ccccc1. The Kier molecular flexibility index (Phi) is 3.16. The van der Waals surface area contributed by atoms with E-state index in [0.29, 0.717) is 0 Å². The molecule has 0 spiro atoms. The maximum Gasteiger partial charge on any atom is 0.406 e. The predicted molar refractivity (Wildman–Crippen MR) is 52.9 cm³/mol. The van der Waals surface area contributed by atoms with Crippen LogP contribution in [0.25, 0.3) is 0 Å². The average Bonchev–Trinajstić information content (AvgIpc) is 2.15. The fraction of sp³-hybridized carbons (Fsp3) is 0.455. The minimum atomic E-state index is -4.22. The normalized spacial score (nSPS) is 25.2. The average molecular weight is 231 g/mol. The minimum Gasteiger partial charge on any atom is -0.370 e. The van der Waals surface area contributed by atoms with Crippen molar-refractivity contribution in [2.75, 3.05) is 6.54 Å². The summed E-state index contributed by atoms with van der Waals surface area (Å²) in [5.41, 5.74) is 0.885. The Morgan fingerprint density at radius 2 is 1.94 bits per heavy atom. The van der Waals surface area contributed by atoms with Crippen LogP contribution in [0.4, 0.5) is 13.2 Å². The standard InChI is InChI=1S/C11H12F3NO/c12-11(13,14)10-9(6-15-10)16-7-8-4-2-1-3-5-8/h1-5,9-10,15H,6-7H2/t9-,10-/m1/s1. The molecular weight excluding hydrogens is 219 g/mol. The van der Waals surface area contributed by atoms with Gasteiger partial charge in [0.2, 0.25) is 0 Å². The summed E-state index contributed by atoms with van der Waals surface area (Å²) < 4.78 is 42.2. The molecular formula is C11H12F3NO. The molecule has 0 amide bonds. The highest BCUT2D eigenvalue weighted by molar-refractivity contribution is 5.13. The first-order valence-electron chi connectivity index (χ1n) is 5.03. The van der Waals surface area contributed by atoms with Gasteiger partial charge < -0.3 is 10.1 Å². The van der Waals surface area contributed by atoms with Gasteiger partial charge in [0.05, 0.1) is 12.7 Å². The summed E-state index contributed by atoms with van der Waals surface area (Å²) >= 11 is 0. The molecule has 0 aliphatic carbocycles. The van der Waals surface area contributed by atoms with Gasteiger partial charge in [0.15, 0.2) is 0 Å². The van der Waals surface area contributed by atoms with Crippen LogP contribution in [0, 0.1) is 0 Å². The molecule has 0 saturated carbocycles. The van der Waals surface area contributed by atoms with Crippen LogP contribution in [0.15, 0.2) is 30.3 Å². The van der Waals surface area contributed by atoms with Crippen molar-refractivity contribution in [1.82, 2.24) is 5.32 Å². The Balaban J connectivity index is 1.84. The monoisotopic (exact) mass is 231 g/mol. The third-order valence-corrected chi connectivity index (χ3v) is 2.57. The van der Waals surface area contributed by atoms with E-state index >= 15 is 0 Å². The van der Waals surface area contributed by atoms with E-state index in [-0.39, 0.29) is 13.2 Å². The molecule has 0 aromatic heterocycles. The second kappa shape index (κ2) is 4.43. The van der Waals surface area contributed by atoms with Gasteiger partial charge in [0.25, 0.3) is 0 Å². The lowest BCUT2D eigenvalue weighted by Gasteiger charge is -2.38. The molecule has 2 nitrogen and oxygen atoms in total. The van der Waals surface area contributed by atoms with Crippen molar-refractivity contribution in [2.24, 2.45) is 0 Å². The van der Waals surface area contributed by atoms with Crippen LogP contribution in [0.3, 0.4) is 0 Å². The Hall–Kier alpha value is -1.07. The van der Waals surface area contributed by atoms with E-state index in [1.165, 1.54) is 0 Å². The Morgan fingerprint density at radius 1 is 1.25 bits per heavy atom. The summed E-state index contributed by atoms with van der Waals surface area (Å²) in [6.07, 6.45) is -4.99. The largest absolute Gasteiger partial charge is 0.406 e. The van der Waals surface area contributed by atoms with Crippen molar-refractivity contribution >= 4 is 0 Å². The molecule has 1 saturated heterocycles. The van der Waals surface area contributed by atoms with Crippen molar-refractivity contribution in [2.45, 2.75) is 24.9 Å². The van der Waals surface area contributed by atoms with Crippen molar-refractivity contribution in [1.29, 1.82) is 0 Å². The molecule has 16 heavy (non-hydrogen) atoms. The predicted octanol–water partition coefficient (Wildman–Crippen LogP) is 2.11. The summed E-state index contributed by atoms with van der Waals surface area (Å²) in [6.45, 7) is 0.483. The van der Waals surface area contributed by atoms with Crippen molar-refractivity contribution < 1.29 is 17.9 Å². The molecule has 0 bridgehead atoms. The van der Waals surface area contributed by atoms with Crippen LogP contribution in [-0.4, -0.2) is 24.9 Å². The zero-order valence-electron chi connectivity index (χ0n) is 8.50. The molecule has 1 aliphatic heterocycles. The number of hydrogen-bond donors (Lipinski definition) is 1.